The van der Waals surface area contributed by atoms with Gasteiger partial charge in [-0.3, -0.25) is 0 Å². The summed E-state index contributed by atoms with van der Waals surface area (Å²) < 4.78 is 10.7. The van der Waals surface area contributed by atoms with E-state index in [0.29, 0.717) is 16.5 Å². The number of aromatic nitrogens is 2. The van der Waals surface area contributed by atoms with Crippen LogP contribution in [0.3, 0.4) is 0 Å². The molecule has 0 fully saturated rings. The van der Waals surface area contributed by atoms with Crippen molar-refractivity contribution in [2.45, 2.75) is 6.42 Å². The van der Waals surface area contributed by atoms with Gasteiger partial charge in [0.05, 0.1) is 25.4 Å². The third-order valence-corrected chi connectivity index (χ3v) is 3.97. The van der Waals surface area contributed by atoms with Crippen molar-refractivity contribution in [2.24, 2.45) is 0 Å². The maximum Gasteiger partial charge on any atom is 0.162 e. The van der Waals surface area contributed by atoms with Gasteiger partial charge in [-0.2, -0.15) is 0 Å². The fraction of sp³-hybridized carbons (Fsp3) is 0.222. The van der Waals surface area contributed by atoms with E-state index < -0.39 is 0 Å². The molecule has 0 amide bonds. The molecule has 3 rings (SSSR count). The minimum atomic E-state index is 0.659. The first kappa shape index (κ1) is 16.3. The number of hydrogen-bond acceptors (Lipinski definition) is 5. The minimum absolute atomic E-state index is 0.659. The predicted molar refractivity (Wildman–Crippen MR) is 96.3 cm³/mol. The van der Waals surface area contributed by atoms with Crippen LogP contribution in [0.15, 0.2) is 42.7 Å². The Labute approximate surface area is 145 Å². The highest BCUT2D eigenvalue weighted by Crippen LogP contribution is 2.32. The standard InChI is InChI=1S/C18H18ClN3O2/c1-23-17-9-14-15(21-11-22-16(14)10-18(17)24-2)6-7-20-13-5-3-4-12(19)8-13/h3-5,8-11,20H,6-7H2,1-2H3. The van der Waals surface area contributed by atoms with Crippen LogP contribution in [0.25, 0.3) is 10.9 Å². The van der Waals surface area contributed by atoms with Gasteiger partial charge in [0, 0.05) is 35.1 Å². The quantitative estimate of drug-likeness (QED) is 0.734. The number of halogens is 1. The van der Waals surface area contributed by atoms with Crippen LogP contribution in [0.2, 0.25) is 5.02 Å². The molecule has 0 bridgehead atoms. The summed E-state index contributed by atoms with van der Waals surface area (Å²) in [6.07, 6.45) is 2.32. The Balaban J connectivity index is 1.81. The Morgan fingerprint density at radius 1 is 1.04 bits per heavy atom. The van der Waals surface area contributed by atoms with Crippen LogP contribution in [-0.2, 0) is 6.42 Å². The molecule has 1 N–H and O–H groups in total. The number of hydrogen-bond donors (Lipinski definition) is 1. The molecule has 0 saturated heterocycles. The van der Waals surface area contributed by atoms with E-state index in [4.69, 9.17) is 21.1 Å². The summed E-state index contributed by atoms with van der Waals surface area (Å²) in [6, 6.07) is 11.4. The van der Waals surface area contributed by atoms with Crippen LogP contribution in [0, 0.1) is 0 Å². The Hall–Kier alpha value is -2.53. The van der Waals surface area contributed by atoms with Crippen molar-refractivity contribution in [1.82, 2.24) is 9.97 Å². The van der Waals surface area contributed by atoms with Gasteiger partial charge in [0.25, 0.3) is 0 Å². The number of methoxy groups -OCH3 is 2. The second kappa shape index (κ2) is 7.36. The zero-order valence-electron chi connectivity index (χ0n) is 13.5. The van der Waals surface area contributed by atoms with Crippen molar-refractivity contribution >= 4 is 28.2 Å². The molecule has 0 aliphatic heterocycles. The molecule has 1 heterocycles. The first-order chi connectivity index (χ1) is 11.7. The topological polar surface area (TPSA) is 56.3 Å². The van der Waals surface area contributed by atoms with E-state index in [-0.39, 0.29) is 0 Å². The van der Waals surface area contributed by atoms with E-state index in [1.165, 1.54) is 0 Å². The monoisotopic (exact) mass is 343 g/mol. The van der Waals surface area contributed by atoms with Crippen molar-refractivity contribution in [1.29, 1.82) is 0 Å². The normalized spacial score (nSPS) is 10.6. The van der Waals surface area contributed by atoms with Crippen LogP contribution < -0.4 is 14.8 Å². The molecule has 124 valence electrons. The molecule has 0 radical (unpaired) electrons. The number of benzene rings is 2. The average molecular weight is 344 g/mol. The highest BCUT2D eigenvalue weighted by Gasteiger charge is 2.10. The van der Waals surface area contributed by atoms with Gasteiger partial charge in [-0.15, -0.1) is 0 Å². The van der Waals surface area contributed by atoms with Gasteiger partial charge in [-0.05, 0) is 24.3 Å². The second-order valence-corrected chi connectivity index (χ2v) is 5.67. The van der Waals surface area contributed by atoms with E-state index >= 15 is 0 Å². The van der Waals surface area contributed by atoms with Gasteiger partial charge in [-0.25, -0.2) is 9.97 Å². The van der Waals surface area contributed by atoms with E-state index in [9.17, 15) is 0 Å². The van der Waals surface area contributed by atoms with Crippen LogP contribution in [0.1, 0.15) is 5.69 Å². The first-order valence-electron chi connectivity index (χ1n) is 7.56. The van der Waals surface area contributed by atoms with Gasteiger partial charge in [0.1, 0.15) is 6.33 Å². The number of fused-ring (bicyclic) bond motifs is 1. The Morgan fingerprint density at radius 3 is 2.58 bits per heavy atom. The zero-order valence-corrected chi connectivity index (χ0v) is 14.3. The summed E-state index contributed by atoms with van der Waals surface area (Å²) in [5, 5.41) is 5.02. The molecule has 0 aliphatic carbocycles. The molecule has 1 aromatic heterocycles. The molecule has 3 aromatic rings. The summed E-state index contributed by atoms with van der Waals surface area (Å²) in [7, 11) is 3.23. The fourth-order valence-corrected chi connectivity index (χ4v) is 2.75. The first-order valence-corrected chi connectivity index (χ1v) is 7.94. The van der Waals surface area contributed by atoms with Crippen molar-refractivity contribution in [3.63, 3.8) is 0 Å². The Kier molecular flexibility index (Phi) is 5.01. The van der Waals surface area contributed by atoms with Crippen LogP contribution in [0.4, 0.5) is 5.69 Å². The minimum Gasteiger partial charge on any atom is -0.493 e. The molecule has 2 aromatic carbocycles. The van der Waals surface area contributed by atoms with Crippen molar-refractivity contribution in [3.05, 3.63) is 53.4 Å². The van der Waals surface area contributed by atoms with Crippen LogP contribution >= 0.6 is 11.6 Å². The Bertz CT molecular complexity index is 855. The number of rotatable bonds is 6. The average Bonchev–Trinajstić information content (AvgIpc) is 2.60. The largest absolute Gasteiger partial charge is 0.493 e. The molecule has 6 heteroatoms. The lowest BCUT2D eigenvalue weighted by molar-refractivity contribution is 0.355. The van der Waals surface area contributed by atoms with Crippen LogP contribution in [0.5, 0.6) is 11.5 Å². The van der Waals surface area contributed by atoms with E-state index in [1.807, 2.05) is 36.4 Å². The molecule has 0 unspecified atom stereocenters. The van der Waals surface area contributed by atoms with Gasteiger partial charge in [-0.1, -0.05) is 17.7 Å². The lowest BCUT2D eigenvalue weighted by Crippen LogP contribution is -2.07. The molecule has 5 nitrogen and oxygen atoms in total. The molecular weight excluding hydrogens is 326 g/mol. The number of ether oxygens (including phenoxy) is 2. The number of nitrogens with one attached hydrogen (secondary N) is 1. The molecule has 0 saturated carbocycles. The summed E-state index contributed by atoms with van der Waals surface area (Å²) in [4.78, 5) is 8.73. The number of nitrogens with zero attached hydrogens (tertiary/aromatic N) is 2. The summed E-state index contributed by atoms with van der Waals surface area (Å²) in [5.41, 5.74) is 2.77. The maximum atomic E-state index is 5.99. The lowest BCUT2D eigenvalue weighted by Gasteiger charge is -2.11. The maximum absolute atomic E-state index is 5.99. The van der Waals surface area contributed by atoms with Crippen LogP contribution in [-0.4, -0.2) is 30.7 Å². The highest BCUT2D eigenvalue weighted by molar-refractivity contribution is 6.30. The van der Waals surface area contributed by atoms with Crippen molar-refractivity contribution in [3.8, 4) is 11.5 Å². The van der Waals surface area contributed by atoms with Gasteiger partial charge >= 0.3 is 0 Å². The smallest absolute Gasteiger partial charge is 0.162 e. The highest BCUT2D eigenvalue weighted by atomic mass is 35.5. The fourth-order valence-electron chi connectivity index (χ4n) is 2.56. The molecule has 0 atom stereocenters. The van der Waals surface area contributed by atoms with E-state index in [1.54, 1.807) is 20.5 Å². The van der Waals surface area contributed by atoms with Crippen molar-refractivity contribution in [2.75, 3.05) is 26.1 Å². The van der Waals surface area contributed by atoms with Gasteiger partial charge in [0.2, 0.25) is 0 Å². The lowest BCUT2D eigenvalue weighted by atomic mass is 10.1. The third-order valence-electron chi connectivity index (χ3n) is 3.74. The molecule has 24 heavy (non-hydrogen) atoms. The van der Waals surface area contributed by atoms with Gasteiger partial charge < -0.3 is 14.8 Å². The van der Waals surface area contributed by atoms with E-state index in [0.717, 1.165) is 35.2 Å². The Morgan fingerprint density at radius 2 is 1.83 bits per heavy atom. The van der Waals surface area contributed by atoms with Crippen molar-refractivity contribution < 1.29 is 9.47 Å². The zero-order chi connectivity index (χ0) is 16.9. The molecule has 0 aliphatic rings. The molecular formula is C18H18ClN3O2. The SMILES string of the molecule is COc1cc2ncnc(CCNc3cccc(Cl)c3)c2cc1OC. The predicted octanol–water partition coefficient (Wildman–Crippen LogP) is 3.96. The van der Waals surface area contributed by atoms with E-state index in [2.05, 4.69) is 15.3 Å². The molecule has 0 spiro atoms. The second-order valence-electron chi connectivity index (χ2n) is 5.23. The van der Waals surface area contributed by atoms with Gasteiger partial charge in [0.15, 0.2) is 11.5 Å². The summed E-state index contributed by atoms with van der Waals surface area (Å²) in [5.74, 6) is 1.33. The summed E-state index contributed by atoms with van der Waals surface area (Å²) in [6.45, 7) is 0.737. The number of anilines is 1. The third kappa shape index (κ3) is 3.51. The summed E-state index contributed by atoms with van der Waals surface area (Å²) >= 11 is 5.99.